The number of unbranched alkanes of at least 4 members (excludes halogenated alkanes) is 3. The molecule has 0 amide bonds. The summed E-state index contributed by atoms with van der Waals surface area (Å²) in [5, 5.41) is 0.566. The van der Waals surface area contributed by atoms with Crippen LogP contribution in [-0.4, -0.2) is 30.2 Å². The van der Waals surface area contributed by atoms with E-state index in [2.05, 4.69) is 41.5 Å². The third kappa shape index (κ3) is 7.03. The summed E-state index contributed by atoms with van der Waals surface area (Å²) in [6.45, 7) is 15.7. The Hall–Kier alpha value is 0.390. The first-order valence-electron chi connectivity index (χ1n) is 10.7. The van der Waals surface area contributed by atoms with Crippen LogP contribution in [0.15, 0.2) is 0 Å². The van der Waals surface area contributed by atoms with Crippen LogP contribution in [0.25, 0.3) is 0 Å². The Kier molecular flexibility index (Phi) is 12.9. The first kappa shape index (κ1) is 23.4. The SMILES string of the molecule is CCCC[PH](CCCC)(CCCC)C(C)(C)C(CC)CCCN. The third-order valence-corrected chi connectivity index (χ3v) is 13.7. The van der Waals surface area contributed by atoms with Crippen molar-refractivity contribution in [1.82, 2.24) is 0 Å². The van der Waals surface area contributed by atoms with Gasteiger partial charge in [-0.25, -0.2) is 0 Å². The summed E-state index contributed by atoms with van der Waals surface area (Å²) >= 11 is 0. The van der Waals surface area contributed by atoms with Gasteiger partial charge in [0.2, 0.25) is 0 Å². The van der Waals surface area contributed by atoms with Crippen molar-refractivity contribution in [3.8, 4) is 0 Å². The Morgan fingerprint density at radius 2 is 1.22 bits per heavy atom. The van der Waals surface area contributed by atoms with Crippen molar-refractivity contribution in [2.75, 3.05) is 25.0 Å². The monoisotopic (exact) mass is 345 g/mol. The second kappa shape index (κ2) is 12.7. The third-order valence-electron chi connectivity index (χ3n) is 6.66. The molecule has 2 N–H and O–H groups in total. The van der Waals surface area contributed by atoms with Crippen LogP contribution in [0, 0.1) is 5.92 Å². The van der Waals surface area contributed by atoms with Crippen LogP contribution >= 0.6 is 7.26 Å². The molecular weight excluding hydrogens is 297 g/mol. The van der Waals surface area contributed by atoms with Crippen LogP contribution in [0.5, 0.6) is 0 Å². The molecule has 0 aromatic rings. The van der Waals surface area contributed by atoms with Gasteiger partial charge in [0, 0.05) is 0 Å². The predicted molar refractivity (Wildman–Crippen MR) is 114 cm³/mol. The molecule has 1 atom stereocenters. The summed E-state index contributed by atoms with van der Waals surface area (Å²) in [7, 11) is -1.26. The van der Waals surface area contributed by atoms with Crippen molar-refractivity contribution < 1.29 is 0 Å². The van der Waals surface area contributed by atoms with Crippen LogP contribution in [0.3, 0.4) is 0 Å². The Balaban J connectivity index is 5.49. The number of hydrogen-bond donors (Lipinski definition) is 1. The van der Waals surface area contributed by atoms with Gasteiger partial charge in [-0.1, -0.05) is 0 Å². The zero-order chi connectivity index (χ0) is 17.8. The molecule has 0 saturated heterocycles. The predicted octanol–water partition coefficient (Wildman–Crippen LogP) is 6.68. The summed E-state index contributed by atoms with van der Waals surface area (Å²) in [6.07, 6.45) is 17.0. The molecule has 0 rings (SSSR count). The Labute approximate surface area is 148 Å². The average molecular weight is 346 g/mol. The summed E-state index contributed by atoms with van der Waals surface area (Å²) in [5.41, 5.74) is 5.84. The first-order chi connectivity index (χ1) is 11.0. The molecule has 0 aromatic carbocycles. The summed E-state index contributed by atoms with van der Waals surface area (Å²) in [4.78, 5) is 0. The van der Waals surface area contributed by atoms with Crippen LogP contribution in [0.1, 0.15) is 99.3 Å². The molecule has 0 heterocycles. The number of rotatable bonds is 15. The van der Waals surface area contributed by atoms with Crippen LogP contribution in [0.4, 0.5) is 0 Å². The molecule has 0 spiro atoms. The van der Waals surface area contributed by atoms with Gasteiger partial charge in [0.25, 0.3) is 0 Å². The minimum absolute atomic E-state index is 0.566. The minimum atomic E-state index is -1.26. The van der Waals surface area contributed by atoms with Crippen molar-refractivity contribution in [3.63, 3.8) is 0 Å². The van der Waals surface area contributed by atoms with E-state index in [0.29, 0.717) is 5.16 Å². The fourth-order valence-corrected chi connectivity index (χ4v) is 11.7. The van der Waals surface area contributed by atoms with Crippen molar-refractivity contribution in [1.29, 1.82) is 0 Å². The molecule has 0 aromatic heterocycles. The second-order valence-electron chi connectivity index (χ2n) is 8.35. The van der Waals surface area contributed by atoms with Crippen molar-refractivity contribution in [2.24, 2.45) is 11.7 Å². The second-order valence-corrected chi connectivity index (χ2v) is 13.7. The van der Waals surface area contributed by atoms with E-state index in [1.54, 1.807) is 18.5 Å². The molecule has 142 valence electrons. The van der Waals surface area contributed by atoms with Gasteiger partial charge in [-0.2, -0.15) is 0 Å². The summed E-state index contributed by atoms with van der Waals surface area (Å²) < 4.78 is 0. The van der Waals surface area contributed by atoms with Crippen molar-refractivity contribution in [2.45, 2.75) is 104 Å². The molecule has 0 aliphatic heterocycles. The molecule has 0 saturated carbocycles. The van der Waals surface area contributed by atoms with Crippen molar-refractivity contribution in [3.05, 3.63) is 0 Å². The summed E-state index contributed by atoms with van der Waals surface area (Å²) in [5.74, 6) is 0.878. The molecular formula is C21H48NP. The van der Waals surface area contributed by atoms with Gasteiger partial charge in [-0.05, 0) is 0 Å². The van der Waals surface area contributed by atoms with Gasteiger partial charge in [0.05, 0.1) is 0 Å². The van der Waals surface area contributed by atoms with Gasteiger partial charge in [-0.15, -0.1) is 0 Å². The Morgan fingerprint density at radius 1 is 0.783 bits per heavy atom. The normalized spacial score (nSPS) is 14.9. The van der Waals surface area contributed by atoms with Crippen LogP contribution < -0.4 is 5.73 Å². The van der Waals surface area contributed by atoms with Gasteiger partial charge in [0.1, 0.15) is 0 Å². The first-order valence-corrected chi connectivity index (χ1v) is 13.3. The molecule has 1 nitrogen and oxygen atoms in total. The van der Waals surface area contributed by atoms with Crippen LogP contribution in [0.2, 0.25) is 0 Å². The molecule has 23 heavy (non-hydrogen) atoms. The van der Waals surface area contributed by atoms with E-state index in [4.69, 9.17) is 5.73 Å². The Morgan fingerprint density at radius 3 is 1.52 bits per heavy atom. The van der Waals surface area contributed by atoms with Gasteiger partial charge >= 0.3 is 148 Å². The average Bonchev–Trinajstić information content (AvgIpc) is 2.54. The van der Waals surface area contributed by atoms with E-state index in [1.165, 1.54) is 57.8 Å². The molecule has 1 unspecified atom stereocenters. The summed E-state index contributed by atoms with van der Waals surface area (Å²) in [6, 6.07) is 0. The van der Waals surface area contributed by atoms with E-state index in [-0.39, 0.29) is 0 Å². The quantitative estimate of drug-likeness (QED) is 0.329. The molecule has 0 aliphatic rings. The number of nitrogens with two attached hydrogens (primary N) is 1. The van der Waals surface area contributed by atoms with E-state index in [0.717, 1.165) is 12.5 Å². The van der Waals surface area contributed by atoms with E-state index in [1.807, 2.05) is 0 Å². The topological polar surface area (TPSA) is 26.0 Å². The molecule has 0 bridgehead atoms. The molecule has 0 radical (unpaired) electrons. The molecule has 0 fully saturated rings. The standard InChI is InChI=1S/C21H48NP/c1-7-11-17-23(18-12-8-2,19-13-9-3)21(5,6)20(10-4)15-14-16-22/h20,23H,7-19,22H2,1-6H3. The molecule has 2 heteroatoms. The van der Waals surface area contributed by atoms with Crippen LogP contribution in [-0.2, 0) is 0 Å². The maximum atomic E-state index is 5.84. The zero-order valence-electron chi connectivity index (χ0n) is 17.3. The zero-order valence-corrected chi connectivity index (χ0v) is 18.3. The fraction of sp³-hybridized carbons (Fsp3) is 1.00. The number of hydrogen-bond acceptors (Lipinski definition) is 1. The van der Waals surface area contributed by atoms with Gasteiger partial charge in [-0.3, -0.25) is 0 Å². The fourth-order valence-electron chi connectivity index (χ4n) is 4.76. The maximum absolute atomic E-state index is 5.84. The van der Waals surface area contributed by atoms with Gasteiger partial charge < -0.3 is 0 Å². The van der Waals surface area contributed by atoms with Gasteiger partial charge in [0.15, 0.2) is 0 Å². The van der Waals surface area contributed by atoms with Crippen molar-refractivity contribution >= 4 is 7.26 Å². The van der Waals surface area contributed by atoms with E-state index >= 15 is 0 Å². The van der Waals surface area contributed by atoms with E-state index < -0.39 is 7.26 Å². The Bertz CT molecular complexity index is 253. The molecule has 0 aliphatic carbocycles. The van der Waals surface area contributed by atoms with E-state index in [9.17, 15) is 0 Å².